The van der Waals surface area contributed by atoms with Gasteiger partial charge in [0, 0.05) is 24.8 Å². The zero-order valence-electron chi connectivity index (χ0n) is 15.1. The summed E-state index contributed by atoms with van der Waals surface area (Å²) in [7, 11) is 0. The van der Waals surface area contributed by atoms with Crippen molar-refractivity contribution in [1.29, 1.82) is 5.26 Å². The highest BCUT2D eigenvalue weighted by Crippen LogP contribution is 2.12. The zero-order chi connectivity index (χ0) is 18.4. The van der Waals surface area contributed by atoms with Gasteiger partial charge in [0.2, 0.25) is 5.91 Å². The minimum atomic E-state index is -0.714. The standard InChI is InChI=1S/C17H26N4O3/c1-6-12(4)21(13(5)7-2)15(22)11-20-16(23)14(9-18)10-19(8-3)17(20)24/h10,12-13H,6-8,11H2,1-5H3/t12-,13-/m0/s1. The van der Waals surface area contributed by atoms with E-state index in [1.165, 1.54) is 10.8 Å². The fourth-order valence-electron chi connectivity index (χ4n) is 2.63. The fourth-order valence-corrected chi connectivity index (χ4v) is 2.63. The Morgan fingerprint density at radius 3 is 2.17 bits per heavy atom. The van der Waals surface area contributed by atoms with E-state index in [0.717, 1.165) is 17.4 Å². The van der Waals surface area contributed by atoms with Crippen molar-refractivity contribution in [2.24, 2.45) is 0 Å². The van der Waals surface area contributed by atoms with Gasteiger partial charge in [0.25, 0.3) is 5.56 Å². The Bertz CT molecular complexity index is 732. The molecule has 0 spiro atoms. The molecule has 0 N–H and O–H groups in total. The monoisotopic (exact) mass is 334 g/mol. The van der Waals surface area contributed by atoms with E-state index in [-0.39, 0.29) is 30.1 Å². The molecule has 0 saturated carbocycles. The third kappa shape index (κ3) is 3.94. The second-order valence-electron chi connectivity index (χ2n) is 5.93. The average Bonchev–Trinajstić information content (AvgIpc) is 2.58. The molecule has 0 saturated heterocycles. The molecule has 0 aliphatic carbocycles. The van der Waals surface area contributed by atoms with Crippen LogP contribution in [0.2, 0.25) is 0 Å². The molecular formula is C17H26N4O3. The number of nitrogens with zero attached hydrogens (tertiary/aromatic N) is 4. The molecule has 0 unspecified atom stereocenters. The molecule has 132 valence electrons. The highest BCUT2D eigenvalue weighted by molar-refractivity contribution is 5.76. The normalized spacial score (nSPS) is 13.2. The summed E-state index contributed by atoms with van der Waals surface area (Å²) in [5.74, 6) is -0.282. The maximum absolute atomic E-state index is 12.8. The minimum absolute atomic E-state index is 0.00991. The Balaban J connectivity index is 3.34. The van der Waals surface area contributed by atoms with Crippen LogP contribution in [0.1, 0.15) is 53.0 Å². The molecule has 24 heavy (non-hydrogen) atoms. The smallest absolute Gasteiger partial charge is 0.331 e. The number of rotatable bonds is 7. The second kappa shape index (κ2) is 8.48. The summed E-state index contributed by atoms with van der Waals surface area (Å²) in [6.45, 7) is 9.58. The largest absolute Gasteiger partial charge is 0.336 e. The molecule has 0 aliphatic rings. The lowest BCUT2D eigenvalue weighted by Gasteiger charge is -2.34. The van der Waals surface area contributed by atoms with Crippen LogP contribution in [-0.4, -0.2) is 32.0 Å². The van der Waals surface area contributed by atoms with Crippen LogP contribution in [0.15, 0.2) is 15.8 Å². The van der Waals surface area contributed by atoms with E-state index in [0.29, 0.717) is 6.54 Å². The van der Waals surface area contributed by atoms with Crippen molar-refractivity contribution in [1.82, 2.24) is 14.0 Å². The van der Waals surface area contributed by atoms with E-state index in [2.05, 4.69) is 0 Å². The maximum atomic E-state index is 12.8. The third-order valence-corrected chi connectivity index (χ3v) is 4.41. The van der Waals surface area contributed by atoms with Gasteiger partial charge < -0.3 is 4.90 Å². The molecule has 2 atom stereocenters. The van der Waals surface area contributed by atoms with Crippen molar-refractivity contribution in [2.45, 2.75) is 72.6 Å². The molecule has 0 bridgehead atoms. The number of nitriles is 1. The number of hydrogen-bond acceptors (Lipinski definition) is 4. The first-order valence-corrected chi connectivity index (χ1v) is 8.37. The predicted octanol–water partition coefficient (Wildman–Crippen LogP) is 1.33. The van der Waals surface area contributed by atoms with Crippen LogP contribution in [0.4, 0.5) is 0 Å². The number of aryl methyl sites for hydroxylation is 1. The summed E-state index contributed by atoms with van der Waals surface area (Å²) < 4.78 is 2.13. The highest BCUT2D eigenvalue weighted by atomic mass is 16.2. The first-order valence-electron chi connectivity index (χ1n) is 8.37. The Hall–Kier alpha value is -2.36. The number of carbonyl (C=O) groups excluding carboxylic acids is 1. The van der Waals surface area contributed by atoms with E-state index < -0.39 is 11.2 Å². The second-order valence-corrected chi connectivity index (χ2v) is 5.93. The molecule has 7 nitrogen and oxygen atoms in total. The fraction of sp³-hybridized carbons (Fsp3) is 0.647. The SMILES string of the molecule is CC[C@H](C)N(C(=O)Cn1c(=O)c(C#N)cn(CC)c1=O)[C@@H](C)CC. The quantitative estimate of drug-likeness (QED) is 0.752. The molecule has 1 amide bonds. The first kappa shape index (κ1) is 19.7. The lowest BCUT2D eigenvalue weighted by atomic mass is 10.1. The van der Waals surface area contributed by atoms with Gasteiger partial charge in [-0.05, 0) is 33.6 Å². The van der Waals surface area contributed by atoms with Gasteiger partial charge >= 0.3 is 5.69 Å². The van der Waals surface area contributed by atoms with E-state index in [1.54, 1.807) is 17.9 Å². The Kier molecular flexibility index (Phi) is 6.96. The van der Waals surface area contributed by atoms with Gasteiger partial charge in [0.15, 0.2) is 0 Å². The summed E-state index contributed by atoms with van der Waals surface area (Å²) in [6, 6.07) is 1.81. The topological polar surface area (TPSA) is 88.1 Å². The van der Waals surface area contributed by atoms with Gasteiger partial charge in [-0.1, -0.05) is 13.8 Å². The van der Waals surface area contributed by atoms with Crippen molar-refractivity contribution in [3.05, 3.63) is 32.6 Å². The molecule has 0 radical (unpaired) electrons. The predicted molar refractivity (Wildman–Crippen MR) is 91.7 cm³/mol. The van der Waals surface area contributed by atoms with E-state index in [9.17, 15) is 14.4 Å². The van der Waals surface area contributed by atoms with Crippen LogP contribution < -0.4 is 11.2 Å². The van der Waals surface area contributed by atoms with Crippen molar-refractivity contribution in [3.8, 4) is 6.07 Å². The number of hydrogen-bond donors (Lipinski definition) is 0. The average molecular weight is 334 g/mol. The van der Waals surface area contributed by atoms with Crippen LogP contribution in [-0.2, 0) is 17.9 Å². The highest BCUT2D eigenvalue weighted by Gasteiger charge is 2.25. The molecule has 7 heteroatoms. The summed E-state index contributed by atoms with van der Waals surface area (Å²) >= 11 is 0. The molecule has 0 fully saturated rings. The Morgan fingerprint density at radius 2 is 1.75 bits per heavy atom. The molecule has 0 aliphatic heterocycles. The van der Waals surface area contributed by atoms with E-state index in [4.69, 9.17) is 5.26 Å². The van der Waals surface area contributed by atoms with E-state index >= 15 is 0 Å². The van der Waals surface area contributed by atoms with Crippen molar-refractivity contribution in [3.63, 3.8) is 0 Å². The van der Waals surface area contributed by atoms with Crippen LogP contribution in [0.5, 0.6) is 0 Å². The maximum Gasteiger partial charge on any atom is 0.331 e. The Morgan fingerprint density at radius 1 is 1.21 bits per heavy atom. The molecule has 1 aromatic rings. The summed E-state index contributed by atoms with van der Waals surface area (Å²) in [6.07, 6.45) is 2.80. The summed E-state index contributed by atoms with van der Waals surface area (Å²) in [5, 5.41) is 9.08. The summed E-state index contributed by atoms with van der Waals surface area (Å²) in [5.41, 5.74) is -1.42. The zero-order valence-corrected chi connectivity index (χ0v) is 15.1. The van der Waals surface area contributed by atoms with Crippen molar-refractivity contribution >= 4 is 5.91 Å². The van der Waals surface area contributed by atoms with Crippen LogP contribution >= 0.6 is 0 Å². The van der Waals surface area contributed by atoms with Gasteiger partial charge in [0.05, 0.1) is 0 Å². The van der Waals surface area contributed by atoms with Gasteiger partial charge in [-0.25, -0.2) is 9.36 Å². The Labute approximate surface area is 142 Å². The first-order chi connectivity index (χ1) is 11.3. The van der Waals surface area contributed by atoms with Crippen LogP contribution in [0, 0.1) is 11.3 Å². The minimum Gasteiger partial charge on any atom is -0.336 e. The van der Waals surface area contributed by atoms with Gasteiger partial charge in [-0.15, -0.1) is 0 Å². The molecule has 1 rings (SSSR count). The third-order valence-electron chi connectivity index (χ3n) is 4.41. The molecule has 0 aromatic carbocycles. The van der Waals surface area contributed by atoms with Crippen molar-refractivity contribution in [2.75, 3.05) is 0 Å². The van der Waals surface area contributed by atoms with Crippen LogP contribution in [0.25, 0.3) is 0 Å². The lowest BCUT2D eigenvalue weighted by molar-refractivity contribution is -0.136. The number of aromatic nitrogens is 2. The van der Waals surface area contributed by atoms with E-state index in [1.807, 2.05) is 27.7 Å². The van der Waals surface area contributed by atoms with Crippen LogP contribution in [0.3, 0.4) is 0 Å². The number of carbonyl (C=O) groups is 1. The van der Waals surface area contributed by atoms with Gasteiger partial charge in [0.1, 0.15) is 18.2 Å². The lowest BCUT2D eigenvalue weighted by Crippen LogP contribution is -2.49. The van der Waals surface area contributed by atoms with Gasteiger partial charge in [-0.2, -0.15) is 5.26 Å². The molecule has 1 heterocycles. The van der Waals surface area contributed by atoms with Crippen molar-refractivity contribution < 1.29 is 4.79 Å². The summed E-state index contributed by atoms with van der Waals surface area (Å²) in [4.78, 5) is 39.1. The molecule has 1 aromatic heterocycles. The number of amides is 1. The molecular weight excluding hydrogens is 308 g/mol. The van der Waals surface area contributed by atoms with Gasteiger partial charge in [-0.3, -0.25) is 14.2 Å².